The maximum atomic E-state index is 8.89. The Morgan fingerprint density at radius 2 is 2.12 bits per heavy atom. The molecule has 3 heteroatoms. The molecule has 0 saturated heterocycles. The van der Waals surface area contributed by atoms with E-state index in [2.05, 4.69) is 36.4 Å². The van der Waals surface area contributed by atoms with Gasteiger partial charge in [-0.2, -0.15) is 5.26 Å². The number of imidazole rings is 1. The first-order valence-electron chi connectivity index (χ1n) is 5.86. The average Bonchev–Trinajstić information content (AvgIpc) is 2.67. The van der Waals surface area contributed by atoms with Gasteiger partial charge in [0.15, 0.2) is 0 Å². The summed E-state index contributed by atoms with van der Waals surface area (Å²) < 4.78 is 2.12. The molecule has 1 heterocycles. The largest absolute Gasteiger partial charge is 0.331 e. The number of aryl methyl sites for hydroxylation is 1. The van der Waals surface area contributed by atoms with Gasteiger partial charge in [0.25, 0.3) is 0 Å². The summed E-state index contributed by atoms with van der Waals surface area (Å²) in [5.41, 5.74) is 2.71. The van der Waals surface area contributed by atoms with Gasteiger partial charge in [0.2, 0.25) is 0 Å². The first kappa shape index (κ1) is 11.7. The van der Waals surface area contributed by atoms with E-state index in [-0.39, 0.29) is 5.41 Å². The lowest BCUT2D eigenvalue weighted by Gasteiger charge is -2.21. The third-order valence-corrected chi connectivity index (χ3v) is 3.50. The molecule has 0 aliphatic rings. The van der Waals surface area contributed by atoms with E-state index in [9.17, 15) is 0 Å². The van der Waals surface area contributed by atoms with Crippen molar-refractivity contribution in [1.29, 1.82) is 5.26 Å². The number of aromatic nitrogens is 2. The van der Waals surface area contributed by atoms with Gasteiger partial charge in [-0.05, 0) is 24.6 Å². The van der Waals surface area contributed by atoms with E-state index < -0.39 is 0 Å². The zero-order valence-corrected chi connectivity index (χ0v) is 10.8. The smallest absolute Gasteiger partial charge is 0.115 e. The summed E-state index contributed by atoms with van der Waals surface area (Å²) in [5, 5.41) is 8.89. The highest BCUT2D eigenvalue weighted by Crippen LogP contribution is 2.28. The van der Waals surface area contributed by atoms with Crippen molar-refractivity contribution >= 4 is 11.0 Å². The SMILES string of the molecule is CCC(C)(C)c1nc2cc(C#N)ccc2n1C. The standard InChI is InChI=1S/C14H17N3/c1-5-14(2,3)13-16-11-8-10(9-15)6-7-12(11)17(13)4/h6-8H,5H2,1-4H3. The quantitative estimate of drug-likeness (QED) is 0.791. The van der Waals surface area contributed by atoms with Gasteiger partial charge in [0.1, 0.15) is 5.82 Å². The normalized spacial score (nSPS) is 11.7. The predicted octanol–water partition coefficient (Wildman–Crippen LogP) is 3.13. The highest BCUT2D eigenvalue weighted by atomic mass is 15.1. The van der Waals surface area contributed by atoms with Crippen LogP contribution in [0.5, 0.6) is 0 Å². The van der Waals surface area contributed by atoms with Gasteiger partial charge in [-0.25, -0.2) is 4.98 Å². The Kier molecular flexibility index (Phi) is 2.66. The first-order valence-corrected chi connectivity index (χ1v) is 5.86. The van der Waals surface area contributed by atoms with E-state index in [0.717, 1.165) is 23.3 Å². The minimum Gasteiger partial charge on any atom is -0.331 e. The topological polar surface area (TPSA) is 41.6 Å². The van der Waals surface area contributed by atoms with Gasteiger partial charge in [-0.3, -0.25) is 0 Å². The van der Waals surface area contributed by atoms with Crippen LogP contribution < -0.4 is 0 Å². The highest BCUT2D eigenvalue weighted by molar-refractivity contribution is 5.77. The second kappa shape index (κ2) is 3.89. The van der Waals surface area contributed by atoms with E-state index in [4.69, 9.17) is 5.26 Å². The maximum Gasteiger partial charge on any atom is 0.115 e. The van der Waals surface area contributed by atoms with Crippen molar-refractivity contribution in [1.82, 2.24) is 9.55 Å². The zero-order chi connectivity index (χ0) is 12.6. The van der Waals surface area contributed by atoms with Gasteiger partial charge in [0, 0.05) is 12.5 Å². The molecule has 1 aromatic carbocycles. The van der Waals surface area contributed by atoms with E-state index in [0.29, 0.717) is 5.56 Å². The Bertz CT molecular complexity index is 600. The van der Waals surface area contributed by atoms with Crippen LogP contribution in [-0.2, 0) is 12.5 Å². The van der Waals surface area contributed by atoms with Crippen LogP contribution >= 0.6 is 0 Å². The molecule has 0 aliphatic carbocycles. The van der Waals surface area contributed by atoms with Crippen molar-refractivity contribution in [2.45, 2.75) is 32.6 Å². The molecule has 17 heavy (non-hydrogen) atoms. The molecule has 0 unspecified atom stereocenters. The monoisotopic (exact) mass is 227 g/mol. The minimum absolute atomic E-state index is 0.0561. The number of benzene rings is 1. The van der Waals surface area contributed by atoms with Crippen LogP contribution in [0.2, 0.25) is 0 Å². The third-order valence-electron chi connectivity index (χ3n) is 3.50. The fraction of sp³-hybridized carbons (Fsp3) is 0.429. The van der Waals surface area contributed by atoms with Crippen molar-refractivity contribution in [3.8, 4) is 6.07 Å². The van der Waals surface area contributed by atoms with Crippen LogP contribution in [0.1, 0.15) is 38.6 Å². The Morgan fingerprint density at radius 1 is 1.41 bits per heavy atom. The number of hydrogen-bond donors (Lipinski definition) is 0. The molecule has 0 saturated carbocycles. The summed E-state index contributed by atoms with van der Waals surface area (Å²) in [7, 11) is 2.04. The third kappa shape index (κ3) is 1.80. The molecular formula is C14H17N3. The van der Waals surface area contributed by atoms with Gasteiger partial charge in [-0.15, -0.1) is 0 Å². The van der Waals surface area contributed by atoms with Gasteiger partial charge < -0.3 is 4.57 Å². The Labute approximate surface area is 102 Å². The number of hydrogen-bond acceptors (Lipinski definition) is 2. The number of nitrogens with zero attached hydrogens (tertiary/aromatic N) is 3. The van der Waals surface area contributed by atoms with Crippen LogP contribution in [0, 0.1) is 11.3 Å². The molecule has 3 nitrogen and oxygen atoms in total. The molecule has 0 amide bonds. The molecule has 2 rings (SSSR count). The summed E-state index contributed by atoms with van der Waals surface area (Å²) in [6.45, 7) is 6.55. The van der Waals surface area contributed by atoms with E-state index in [1.54, 1.807) is 0 Å². The highest BCUT2D eigenvalue weighted by Gasteiger charge is 2.24. The van der Waals surface area contributed by atoms with E-state index in [1.807, 2.05) is 25.2 Å². The number of fused-ring (bicyclic) bond motifs is 1. The summed E-state index contributed by atoms with van der Waals surface area (Å²) >= 11 is 0. The molecule has 1 aromatic heterocycles. The summed E-state index contributed by atoms with van der Waals surface area (Å²) in [6, 6.07) is 7.81. The molecular weight excluding hydrogens is 210 g/mol. The van der Waals surface area contributed by atoms with Crippen molar-refractivity contribution < 1.29 is 0 Å². The number of nitriles is 1. The van der Waals surface area contributed by atoms with Gasteiger partial charge >= 0.3 is 0 Å². The van der Waals surface area contributed by atoms with Crippen molar-refractivity contribution in [3.05, 3.63) is 29.6 Å². The zero-order valence-electron chi connectivity index (χ0n) is 10.8. The molecule has 0 atom stereocenters. The van der Waals surface area contributed by atoms with Crippen molar-refractivity contribution in [2.24, 2.45) is 7.05 Å². The Hall–Kier alpha value is -1.82. The number of rotatable bonds is 2. The Balaban J connectivity index is 2.69. The molecule has 2 aromatic rings. The molecule has 0 bridgehead atoms. The molecule has 0 fully saturated rings. The van der Waals surface area contributed by atoms with Crippen molar-refractivity contribution in [2.75, 3.05) is 0 Å². The van der Waals surface area contributed by atoms with Gasteiger partial charge in [0.05, 0.1) is 22.7 Å². The molecule has 0 aliphatic heterocycles. The van der Waals surface area contributed by atoms with Crippen LogP contribution in [0.3, 0.4) is 0 Å². The predicted molar refractivity (Wildman–Crippen MR) is 68.7 cm³/mol. The van der Waals surface area contributed by atoms with E-state index in [1.165, 1.54) is 0 Å². The van der Waals surface area contributed by atoms with Crippen molar-refractivity contribution in [3.63, 3.8) is 0 Å². The summed E-state index contributed by atoms with van der Waals surface area (Å²) in [6.07, 6.45) is 1.04. The lowest BCUT2D eigenvalue weighted by molar-refractivity contribution is 0.460. The van der Waals surface area contributed by atoms with E-state index >= 15 is 0 Å². The molecule has 0 spiro atoms. The molecule has 0 radical (unpaired) electrons. The minimum atomic E-state index is 0.0561. The van der Waals surface area contributed by atoms with Crippen LogP contribution in [0.4, 0.5) is 0 Å². The second-order valence-corrected chi connectivity index (χ2v) is 5.05. The summed E-state index contributed by atoms with van der Waals surface area (Å²) in [4.78, 5) is 4.68. The lowest BCUT2D eigenvalue weighted by atomic mass is 9.89. The molecule has 0 N–H and O–H groups in total. The van der Waals surface area contributed by atoms with Crippen LogP contribution in [0.25, 0.3) is 11.0 Å². The average molecular weight is 227 g/mol. The fourth-order valence-electron chi connectivity index (χ4n) is 2.03. The fourth-order valence-corrected chi connectivity index (χ4v) is 2.03. The van der Waals surface area contributed by atoms with Crippen LogP contribution in [-0.4, -0.2) is 9.55 Å². The lowest BCUT2D eigenvalue weighted by Crippen LogP contribution is -2.20. The Morgan fingerprint density at radius 3 is 2.71 bits per heavy atom. The summed E-state index contributed by atoms with van der Waals surface area (Å²) in [5.74, 6) is 1.07. The van der Waals surface area contributed by atoms with Gasteiger partial charge in [-0.1, -0.05) is 20.8 Å². The maximum absolute atomic E-state index is 8.89. The second-order valence-electron chi connectivity index (χ2n) is 5.05. The molecule has 88 valence electrons. The van der Waals surface area contributed by atoms with Crippen LogP contribution in [0.15, 0.2) is 18.2 Å². The first-order chi connectivity index (χ1) is 7.99.